The van der Waals surface area contributed by atoms with E-state index in [1.165, 1.54) is 11.3 Å². The number of H-pyrrole nitrogens is 1. The molecule has 0 amide bonds. The van der Waals surface area contributed by atoms with E-state index < -0.39 is 5.60 Å². The Morgan fingerprint density at radius 3 is 2.89 bits per heavy atom. The monoisotopic (exact) mass is 281 g/mol. The Kier molecular flexibility index (Phi) is 4.03. The van der Waals surface area contributed by atoms with Gasteiger partial charge < -0.3 is 10.1 Å². The van der Waals surface area contributed by atoms with Crippen LogP contribution in [0.25, 0.3) is 10.2 Å². The number of likely N-dealkylation sites (N-methyl/N-ethyl adjacent to an activating group) is 1. The van der Waals surface area contributed by atoms with Gasteiger partial charge in [-0.1, -0.05) is 6.92 Å². The van der Waals surface area contributed by atoms with E-state index in [0.29, 0.717) is 23.6 Å². The standard InChI is InChI=1S/C13H19N3O2S/c1-4-16(8-13(2,3)18)7-10-14-9-5-6-19-11(9)12(17)15-10/h5-6,18H,4,7-8H2,1-3H3,(H,14,15,17). The average molecular weight is 281 g/mol. The Hall–Kier alpha value is -1.24. The van der Waals surface area contributed by atoms with Crippen LogP contribution in [0.2, 0.25) is 0 Å². The number of nitrogens with zero attached hydrogens (tertiary/aromatic N) is 2. The SMILES string of the molecule is CCN(Cc1nc2ccsc2c(=O)[nH]1)CC(C)(C)O. The third-order valence-electron chi connectivity index (χ3n) is 2.80. The number of aliphatic hydroxyl groups is 1. The number of hydrogen-bond donors (Lipinski definition) is 2. The maximum Gasteiger partial charge on any atom is 0.268 e. The second-order valence-corrected chi connectivity index (χ2v) is 6.18. The van der Waals surface area contributed by atoms with Crippen molar-refractivity contribution < 1.29 is 5.11 Å². The van der Waals surface area contributed by atoms with Gasteiger partial charge in [0.15, 0.2) is 0 Å². The predicted molar refractivity (Wildman–Crippen MR) is 77.5 cm³/mol. The van der Waals surface area contributed by atoms with Crippen molar-refractivity contribution in [2.45, 2.75) is 32.9 Å². The summed E-state index contributed by atoms with van der Waals surface area (Å²) in [6, 6.07) is 1.85. The zero-order valence-corrected chi connectivity index (χ0v) is 12.3. The number of nitrogens with one attached hydrogen (secondary N) is 1. The first-order chi connectivity index (χ1) is 8.89. The minimum Gasteiger partial charge on any atom is -0.389 e. The van der Waals surface area contributed by atoms with Crippen molar-refractivity contribution in [1.82, 2.24) is 14.9 Å². The first kappa shape index (κ1) is 14.2. The quantitative estimate of drug-likeness (QED) is 0.873. The normalized spacial score (nSPS) is 12.5. The molecule has 19 heavy (non-hydrogen) atoms. The molecule has 2 N–H and O–H groups in total. The Morgan fingerprint density at radius 1 is 1.53 bits per heavy atom. The van der Waals surface area contributed by atoms with Gasteiger partial charge >= 0.3 is 0 Å². The van der Waals surface area contributed by atoms with Crippen LogP contribution in [0.3, 0.4) is 0 Å². The molecule has 2 aromatic rings. The Labute approximate surface area is 115 Å². The van der Waals surface area contributed by atoms with Crippen molar-refractivity contribution in [1.29, 1.82) is 0 Å². The predicted octanol–water partition coefficient (Wildman–Crippen LogP) is 1.58. The highest BCUT2D eigenvalue weighted by Gasteiger charge is 2.18. The van der Waals surface area contributed by atoms with Crippen molar-refractivity contribution >= 4 is 21.6 Å². The molecular weight excluding hydrogens is 262 g/mol. The molecule has 0 atom stereocenters. The minimum atomic E-state index is -0.761. The summed E-state index contributed by atoms with van der Waals surface area (Å²) in [4.78, 5) is 21.2. The molecule has 0 aromatic carbocycles. The number of aromatic amines is 1. The lowest BCUT2D eigenvalue weighted by molar-refractivity contribution is 0.0346. The van der Waals surface area contributed by atoms with Gasteiger partial charge in [0.2, 0.25) is 0 Å². The molecule has 0 saturated carbocycles. The molecule has 0 saturated heterocycles. The van der Waals surface area contributed by atoms with Gasteiger partial charge in [-0.25, -0.2) is 4.98 Å². The van der Waals surface area contributed by atoms with Crippen LogP contribution in [0.4, 0.5) is 0 Å². The van der Waals surface area contributed by atoms with E-state index >= 15 is 0 Å². The molecule has 0 aliphatic rings. The molecule has 0 fully saturated rings. The zero-order chi connectivity index (χ0) is 14.0. The lowest BCUT2D eigenvalue weighted by Gasteiger charge is -2.27. The van der Waals surface area contributed by atoms with Crippen LogP contribution >= 0.6 is 11.3 Å². The van der Waals surface area contributed by atoms with Crippen molar-refractivity contribution in [2.75, 3.05) is 13.1 Å². The number of hydrogen-bond acceptors (Lipinski definition) is 5. The van der Waals surface area contributed by atoms with E-state index in [4.69, 9.17) is 0 Å². The summed E-state index contributed by atoms with van der Waals surface area (Å²) in [5.74, 6) is 0.641. The molecular formula is C13H19N3O2S. The lowest BCUT2D eigenvalue weighted by atomic mass is 10.1. The summed E-state index contributed by atoms with van der Waals surface area (Å²) in [5.41, 5.74) is -0.111. The summed E-state index contributed by atoms with van der Waals surface area (Å²) < 4.78 is 0.661. The third-order valence-corrected chi connectivity index (χ3v) is 3.70. The van der Waals surface area contributed by atoms with Gasteiger partial charge in [0, 0.05) is 6.54 Å². The molecule has 0 unspecified atom stereocenters. The summed E-state index contributed by atoms with van der Waals surface area (Å²) in [7, 11) is 0. The topological polar surface area (TPSA) is 69.2 Å². The van der Waals surface area contributed by atoms with Gasteiger partial charge in [-0.05, 0) is 31.8 Å². The molecule has 5 nitrogen and oxygen atoms in total. The zero-order valence-electron chi connectivity index (χ0n) is 11.4. The van der Waals surface area contributed by atoms with E-state index in [9.17, 15) is 9.90 Å². The van der Waals surface area contributed by atoms with Gasteiger partial charge in [-0.2, -0.15) is 0 Å². The molecule has 0 spiro atoms. The first-order valence-electron chi connectivity index (χ1n) is 6.30. The first-order valence-corrected chi connectivity index (χ1v) is 7.18. The molecule has 6 heteroatoms. The molecule has 2 rings (SSSR count). The highest BCUT2D eigenvalue weighted by Crippen LogP contribution is 2.14. The lowest BCUT2D eigenvalue weighted by Crippen LogP contribution is -2.38. The van der Waals surface area contributed by atoms with E-state index in [-0.39, 0.29) is 5.56 Å². The molecule has 2 aromatic heterocycles. The van der Waals surface area contributed by atoms with Crippen molar-refractivity contribution in [3.63, 3.8) is 0 Å². The number of thiophene rings is 1. The van der Waals surface area contributed by atoms with Crippen LogP contribution in [0.15, 0.2) is 16.2 Å². The van der Waals surface area contributed by atoms with Crippen molar-refractivity contribution in [3.05, 3.63) is 27.6 Å². The van der Waals surface area contributed by atoms with Gasteiger partial charge in [0.25, 0.3) is 5.56 Å². The van der Waals surface area contributed by atoms with Crippen molar-refractivity contribution in [2.24, 2.45) is 0 Å². The average Bonchev–Trinajstić information content (AvgIpc) is 2.74. The van der Waals surface area contributed by atoms with Gasteiger partial charge in [-0.3, -0.25) is 9.69 Å². The van der Waals surface area contributed by atoms with Gasteiger partial charge in [0.05, 0.1) is 17.7 Å². The molecule has 0 radical (unpaired) electrons. The smallest absolute Gasteiger partial charge is 0.268 e. The largest absolute Gasteiger partial charge is 0.389 e. The van der Waals surface area contributed by atoms with E-state index in [0.717, 1.165) is 12.1 Å². The van der Waals surface area contributed by atoms with Crippen LogP contribution in [0, 0.1) is 0 Å². The highest BCUT2D eigenvalue weighted by atomic mass is 32.1. The number of rotatable bonds is 5. The van der Waals surface area contributed by atoms with Gasteiger partial charge in [0.1, 0.15) is 10.5 Å². The van der Waals surface area contributed by atoms with E-state index in [1.807, 2.05) is 18.4 Å². The van der Waals surface area contributed by atoms with Crippen LogP contribution in [-0.2, 0) is 6.54 Å². The van der Waals surface area contributed by atoms with Crippen LogP contribution in [0.1, 0.15) is 26.6 Å². The molecule has 2 heterocycles. The highest BCUT2D eigenvalue weighted by molar-refractivity contribution is 7.17. The van der Waals surface area contributed by atoms with Crippen LogP contribution < -0.4 is 5.56 Å². The number of aromatic nitrogens is 2. The fourth-order valence-electron chi connectivity index (χ4n) is 2.04. The maximum atomic E-state index is 11.9. The molecule has 104 valence electrons. The molecule has 0 bridgehead atoms. The summed E-state index contributed by atoms with van der Waals surface area (Å²) in [6.07, 6.45) is 0. The van der Waals surface area contributed by atoms with E-state index in [1.54, 1.807) is 13.8 Å². The maximum absolute atomic E-state index is 11.9. The fraction of sp³-hybridized carbons (Fsp3) is 0.538. The Bertz CT molecular complexity index is 612. The van der Waals surface area contributed by atoms with E-state index in [2.05, 4.69) is 14.9 Å². The summed E-state index contributed by atoms with van der Waals surface area (Å²) in [5, 5.41) is 11.7. The fourth-order valence-corrected chi connectivity index (χ4v) is 2.76. The van der Waals surface area contributed by atoms with Crippen LogP contribution in [-0.4, -0.2) is 38.7 Å². The Morgan fingerprint density at radius 2 is 2.26 bits per heavy atom. The third kappa shape index (κ3) is 3.62. The summed E-state index contributed by atoms with van der Waals surface area (Å²) >= 11 is 1.40. The Balaban J connectivity index is 2.22. The summed E-state index contributed by atoms with van der Waals surface area (Å²) in [6.45, 7) is 7.42. The molecule has 0 aliphatic carbocycles. The second kappa shape index (κ2) is 5.40. The second-order valence-electron chi connectivity index (χ2n) is 5.26. The minimum absolute atomic E-state index is 0.0886. The van der Waals surface area contributed by atoms with Crippen LogP contribution in [0.5, 0.6) is 0 Å². The number of fused-ring (bicyclic) bond motifs is 1. The van der Waals surface area contributed by atoms with Crippen molar-refractivity contribution in [3.8, 4) is 0 Å². The van der Waals surface area contributed by atoms with Gasteiger partial charge in [-0.15, -0.1) is 11.3 Å². The molecule has 0 aliphatic heterocycles.